The minimum Gasteiger partial charge on any atom is -0.310 e. The van der Waals surface area contributed by atoms with E-state index in [9.17, 15) is 0 Å². The van der Waals surface area contributed by atoms with Crippen LogP contribution in [0.25, 0.3) is 97.7 Å². The molecule has 2 heteroatoms. The van der Waals surface area contributed by atoms with E-state index in [1.54, 1.807) is 0 Å². The van der Waals surface area contributed by atoms with Crippen molar-refractivity contribution >= 4 is 110 Å². The van der Waals surface area contributed by atoms with Gasteiger partial charge < -0.3 is 9.80 Å². The Labute approximate surface area is 442 Å². The molecule has 0 aliphatic heterocycles. The number of hydrogen-bond donors (Lipinski definition) is 0. The standard InChI is InChI=1S/C40H28N2.C34H22/c1-5-13-31(14-6-1)41(32-15-7-2-8-16-32)37-27-23-29-22-26-36-38(28-24-30-21-25-35(37)39(29)40(30)36)42(33-17-9-3-10-18-33)34-19-11-4-12-20-34;1-3-15-25-23(11-1)13-9-21-27(25)33-29-17-5-7-19-31(29)34(32-20-8-6-18-30(32)33)28-22-10-14-24-12-2-4-16-26(24)28/h1-28H;1-22H. The number of para-hydroxylation sites is 4. The van der Waals surface area contributed by atoms with Crippen molar-refractivity contribution in [3.63, 3.8) is 0 Å². The summed E-state index contributed by atoms with van der Waals surface area (Å²) >= 11 is 0. The molecule has 0 bridgehead atoms. The van der Waals surface area contributed by atoms with Crippen LogP contribution in [0.3, 0.4) is 0 Å². The summed E-state index contributed by atoms with van der Waals surface area (Å²) in [5.74, 6) is 0. The summed E-state index contributed by atoms with van der Waals surface area (Å²) < 4.78 is 0. The summed E-state index contributed by atoms with van der Waals surface area (Å²) in [4.78, 5) is 4.74. The van der Waals surface area contributed by atoms with Gasteiger partial charge in [-0.1, -0.05) is 243 Å². The fourth-order valence-corrected chi connectivity index (χ4v) is 11.9. The van der Waals surface area contributed by atoms with E-state index in [0.29, 0.717) is 0 Å². The van der Waals surface area contributed by atoms with Crippen molar-refractivity contribution in [3.05, 3.63) is 303 Å². The summed E-state index contributed by atoms with van der Waals surface area (Å²) in [5.41, 5.74) is 12.1. The highest BCUT2D eigenvalue weighted by molar-refractivity contribution is 6.29. The van der Waals surface area contributed by atoms with Gasteiger partial charge in [0.25, 0.3) is 0 Å². The molecule has 0 radical (unpaired) electrons. The van der Waals surface area contributed by atoms with E-state index in [-0.39, 0.29) is 0 Å². The van der Waals surface area contributed by atoms with Crippen LogP contribution in [0.1, 0.15) is 0 Å². The van der Waals surface area contributed by atoms with Crippen LogP contribution in [0.2, 0.25) is 0 Å². The van der Waals surface area contributed by atoms with Crippen molar-refractivity contribution < 1.29 is 0 Å². The molecule has 76 heavy (non-hydrogen) atoms. The molecule has 0 atom stereocenters. The Kier molecular flexibility index (Phi) is 11.2. The molecule has 15 rings (SSSR count). The fraction of sp³-hybridized carbons (Fsp3) is 0. The van der Waals surface area contributed by atoms with Crippen molar-refractivity contribution in [1.82, 2.24) is 0 Å². The average Bonchev–Trinajstić information content (AvgIpc) is 3.60. The highest BCUT2D eigenvalue weighted by Crippen LogP contribution is 2.49. The lowest BCUT2D eigenvalue weighted by Gasteiger charge is -2.29. The lowest BCUT2D eigenvalue weighted by Crippen LogP contribution is -2.11. The molecule has 0 saturated carbocycles. The van der Waals surface area contributed by atoms with Gasteiger partial charge in [0.2, 0.25) is 0 Å². The SMILES string of the molecule is c1ccc(N(c2ccccc2)c2ccc3ccc4c(N(c5ccccc5)c5ccccc5)ccc5ccc2c3c54)cc1.c1ccc2c(-c3c4ccccc4c(-c4cccc5ccccc45)c4ccccc34)cccc2c1. The first-order valence-electron chi connectivity index (χ1n) is 26.2. The van der Waals surface area contributed by atoms with Gasteiger partial charge in [-0.3, -0.25) is 0 Å². The Morgan fingerprint density at radius 3 is 0.789 bits per heavy atom. The second kappa shape index (κ2) is 19.1. The zero-order valence-electron chi connectivity index (χ0n) is 41.8. The Balaban J connectivity index is 0.000000142. The van der Waals surface area contributed by atoms with Gasteiger partial charge in [0.05, 0.1) is 11.4 Å². The number of benzene rings is 15. The van der Waals surface area contributed by atoms with Crippen LogP contribution in [0, 0.1) is 0 Å². The quantitative estimate of drug-likeness (QED) is 0.111. The molecule has 0 unspecified atom stereocenters. The van der Waals surface area contributed by atoms with E-state index >= 15 is 0 Å². The van der Waals surface area contributed by atoms with E-state index in [4.69, 9.17) is 0 Å². The van der Waals surface area contributed by atoms with Gasteiger partial charge in [0, 0.05) is 33.5 Å². The van der Waals surface area contributed by atoms with Crippen LogP contribution in [0.5, 0.6) is 0 Å². The summed E-state index contributed by atoms with van der Waals surface area (Å²) in [6, 6.07) is 109. The molecule has 0 saturated heterocycles. The van der Waals surface area contributed by atoms with E-state index in [2.05, 4.69) is 313 Å². The largest absolute Gasteiger partial charge is 0.310 e. The van der Waals surface area contributed by atoms with Crippen molar-refractivity contribution in [1.29, 1.82) is 0 Å². The number of fused-ring (bicyclic) bond motifs is 4. The Bertz CT molecular complexity index is 4130. The van der Waals surface area contributed by atoms with Gasteiger partial charge >= 0.3 is 0 Å². The first-order valence-corrected chi connectivity index (χ1v) is 26.2. The van der Waals surface area contributed by atoms with Crippen LogP contribution >= 0.6 is 0 Å². The third-order valence-electron chi connectivity index (χ3n) is 15.2. The number of rotatable bonds is 8. The highest BCUT2D eigenvalue weighted by Gasteiger charge is 2.22. The maximum Gasteiger partial charge on any atom is 0.0540 e. The average molecular weight is 967 g/mol. The lowest BCUT2D eigenvalue weighted by molar-refractivity contribution is 1.30. The molecule has 0 heterocycles. The van der Waals surface area contributed by atoms with E-state index < -0.39 is 0 Å². The molecule has 356 valence electrons. The van der Waals surface area contributed by atoms with E-state index in [0.717, 1.165) is 22.7 Å². The van der Waals surface area contributed by atoms with Crippen molar-refractivity contribution in [3.8, 4) is 22.3 Å². The monoisotopic (exact) mass is 966 g/mol. The molecule has 0 aliphatic carbocycles. The van der Waals surface area contributed by atoms with Gasteiger partial charge in [-0.25, -0.2) is 0 Å². The molecule has 2 nitrogen and oxygen atoms in total. The highest BCUT2D eigenvalue weighted by atomic mass is 15.1. The predicted octanol–water partition coefficient (Wildman–Crippen LogP) is 21.2. The summed E-state index contributed by atoms with van der Waals surface area (Å²) in [6.45, 7) is 0. The molecule has 15 aromatic rings. The Hall–Kier alpha value is -10.0. The molecular formula is C74H50N2. The van der Waals surface area contributed by atoms with Gasteiger partial charge in [0.15, 0.2) is 0 Å². The first kappa shape index (κ1) is 44.7. The van der Waals surface area contributed by atoms with Gasteiger partial charge in [-0.05, 0) is 148 Å². The maximum absolute atomic E-state index is 2.37. The topological polar surface area (TPSA) is 6.48 Å². The number of hydrogen-bond acceptors (Lipinski definition) is 2. The van der Waals surface area contributed by atoms with Crippen LogP contribution in [-0.4, -0.2) is 0 Å². The first-order chi connectivity index (χ1) is 37.8. The van der Waals surface area contributed by atoms with Crippen LogP contribution in [0.4, 0.5) is 34.1 Å². The molecule has 0 spiro atoms. The predicted molar refractivity (Wildman–Crippen MR) is 327 cm³/mol. The molecular weight excluding hydrogens is 917 g/mol. The van der Waals surface area contributed by atoms with Gasteiger partial charge in [0.1, 0.15) is 0 Å². The summed E-state index contributed by atoms with van der Waals surface area (Å²) in [5, 5.41) is 17.8. The van der Waals surface area contributed by atoms with Crippen molar-refractivity contribution in [2.24, 2.45) is 0 Å². The molecule has 15 aromatic carbocycles. The fourth-order valence-electron chi connectivity index (χ4n) is 11.9. The molecule has 0 N–H and O–H groups in total. The zero-order chi connectivity index (χ0) is 50.4. The number of nitrogens with zero attached hydrogens (tertiary/aromatic N) is 2. The second-order valence-electron chi connectivity index (χ2n) is 19.5. The smallest absolute Gasteiger partial charge is 0.0540 e. The van der Waals surface area contributed by atoms with Crippen molar-refractivity contribution in [2.45, 2.75) is 0 Å². The maximum atomic E-state index is 2.37. The normalized spacial score (nSPS) is 11.4. The number of anilines is 6. The lowest BCUT2D eigenvalue weighted by atomic mass is 9.84. The Morgan fingerprint density at radius 1 is 0.171 bits per heavy atom. The third kappa shape index (κ3) is 7.66. The minimum absolute atomic E-state index is 1.14. The summed E-state index contributed by atoms with van der Waals surface area (Å²) in [6.07, 6.45) is 0. The minimum atomic E-state index is 1.14. The van der Waals surface area contributed by atoms with E-state index in [1.165, 1.54) is 109 Å². The van der Waals surface area contributed by atoms with Gasteiger partial charge in [-0.15, -0.1) is 0 Å². The molecule has 0 aliphatic rings. The van der Waals surface area contributed by atoms with E-state index in [1.807, 2.05) is 0 Å². The van der Waals surface area contributed by atoms with Crippen LogP contribution < -0.4 is 9.80 Å². The Morgan fingerprint density at radius 2 is 0.447 bits per heavy atom. The van der Waals surface area contributed by atoms with Gasteiger partial charge in [-0.2, -0.15) is 0 Å². The molecule has 0 amide bonds. The van der Waals surface area contributed by atoms with Crippen LogP contribution in [-0.2, 0) is 0 Å². The second-order valence-corrected chi connectivity index (χ2v) is 19.5. The molecule has 0 aromatic heterocycles. The zero-order valence-corrected chi connectivity index (χ0v) is 41.8. The molecule has 0 fully saturated rings. The summed E-state index contributed by atoms with van der Waals surface area (Å²) in [7, 11) is 0. The third-order valence-corrected chi connectivity index (χ3v) is 15.2. The van der Waals surface area contributed by atoms with Crippen LogP contribution in [0.15, 0.2) is 303 Å². The van der Waals surface area contributed by atoms with Crippen molar-refractivity contribution in [2.75, 3.05) is 9.80 Å².